The van der Waals surface area contributed by atoms with Crippen LogP contribution in [0, 0.1) is 5.82 Å². The van der Waals surface area contributed by atoms with E-state index in [1.54, 1.807) is 12.1 Å². The molecule has 1 aromatic heterocycles. The second-order valence-electron chi connectivity index (χ2n) is 6.63. The van der Waals surface area contributed by atoms with Gasteiger partial charge >= 0.3 is 5.97 Å². The number of hydrogen-bond acceptors (Lipinski definition) is 3. The minimum atomic E-state index is -0.827. The summed E-state index contributed by atoms with van der Waals surface area (Å²) in [5.41, 5.74) is 4.82. The van der Waals surface area contributed by atoms with E-state index >= 15 is 0 Å². The number of carboxylic acids is 1. The Labute approximate surface area is 172 Å². The lowest BCUT2D eigenvalue weighted by Crippen LogP contribution is -1.96. The molecule has 0 saturated heterocycles. The van der Waals surface area contributed by atoms with E-state index in [0.29, 0.717) is 6.42 Å². The van der Waals surface area contributed by atoms with Crippen molar-refractivity contribution in [1.29, 1.82) is 0 Å². The molecule has 0 aliphatic heterocycles. The SMILES string of the molecule is O=C(O)CCc1nc(-c2ccc(-c3ccc(F)cc3)cc2)c(-c2ccccc2)s1. The monoisotopic (exact) mass is 403 g/mol. The molecule has 0 amide bonds. The van der Waals surface area contributed by atoms with Crippen molar-refractivity contribution in [1.82, 2.24) is 4.98 Å². The van der Waals surface area contributed by atoms with E-state index in [1.165, 1.54) is 23.5 Å². The average Bonchev–Trinajstić information content (AvgIpc) is 3.18. The van der Waals surface area contributed by atoms with Crippen LogP contribution in [0.15, 0.2) is 78.9 Å². The molecule has 0 spiro atoms. The quantitative estimate of drug-likeness (QED) is 0.411. The summed E-state index contributed by atoms with van der Waals surface area (Å²) in [6, 6.07) is 24.4. The normalized spacial score (nSPS) is 10.8. The van der Waals surface area contributed by atoms with Gasteiger partial charge in [0.05, 0.1) is 22.0 Å². The van der Waals surface area contributed by atoms with Crippen molar-refractivity contribution in [2.75, 3.05) is 0 Å². The van der Waals surface area contributed by atoms with Crippen LogP contribution in [0.4, 0.5) is 4.39 Å². The number of aromatic nitrogens is 1. The summed E-state index contributed by atoms with van der Waals surface area (Å²) in [5, 5.41) is 9.80. The van der Waals surface area contributed by atoms with Crippen LogP contribution >= 0.6 is 11.3 Å². The van der Waals surface area contributed by atoms with Gasteiger partial charge in [-0.2, -0.15) is 0 Å². The van der Waals surface area contributed by atoms with E-state index in [0.717, 1.165) is 37.8 Å². The molecular formula is C24H18FNO2S. The molecule has 3 nitrogen and oxygen atoms in total. The number of halogens is 1. The Morgan fingerprint density at radius 3 is 2.03 bits per heavy atom. The molecule has 29 heavy (non-hydrogen) atoms. The lowest BCUT2D eigenvalue weighted by Gasteiger charge is -2.06. The maximum atomic E-state index is 13.2. The molecule has 5 heteroatoms. The van der Waals surface area contributed by atoms with E-state index < -0.39 is 5.97 Å². The van der Waals surface area contributed by atoms with Gasteiger partial charge in [-0.1, -0.05) is 66.7 Å². The summed E-state index contributed by atoms with van der Waals surface area (Å²) < 4.78 is 13.2. The van der Waals surface area contributed by atoms with Crippen molar-refractivity contribution in [3.63, 3.8) is 0 Å². The summed E-state index contributed by atoms with van der Waals surface area (Å²) in [6.07, 6.45) is 0.470. The maximum absolute atomic E-state index is 13.2. The first-order chi connectivity index (χ1) is 14.1. The summed E-state index contributed by atoms with van der Waals surface area (Å²) >= 11 is 1.54. The second-order valence-corrected chi connectivity index (χ2v) is 7.71. The third-order valence-electron chi connectivity index (χ3n) is 4.60. The molecule has 0 aliphatic rings. The van der Waals surface area contributed by atoms with Crippen molar-refractivity contribution in [2.45, 2.75) is 12.8 Å². The first-order valence-corrected chi connectivity index (χ1v) is 10.0. The number of aryl methyl sites for hydroxylation is 1. The number of carbonyl (C=O) groups is 1. The summed E-state index contributed by atoms with van der Waals surface area (Å²) in [5.74, 6) is -1.08. The molecule has 0 saturated carbocycles. The Bertz CT molecular complexity index is 1120. The lowest BCUT2D eigenvalue weighted by atomic mass is 10.0. The zero-order valence-electron chi connectivity index (χ0n) is 15.5. The summed E-state index contributed by atoms with van der Waals surface area (Å²) in [7, 11) is 0. The van der Waals surface area contributed by atoms with E-state index in [1.807, 2.05) is 54.6 Å². The zero-order chi connectivity index (χ0) is 20.2. The highest BCUT2D eigenvalue weighted by Crippen LogP contribution is 2.37. The van der Waals surface area contributed by atoms with Crippen LogP contribution < -0.4 is 0 Å². The van der Waals surface area contributed by atoms with Gasteiger partial charge in [-0.15, -0.1) is 11.3 Å². The number of carboxylic acid groups (broad SMARTS) is 1. The largest absolute Gasteiger partial charge is 0.481 e. The number of aliphatic carboxylic acids is 1. The van der Waals surface area contributed by atoms with E-state index in [9.17, 15) is 9.18 Å². The standard InChI is InChI=1S/C24H18FNO2S/c25-20-12-10-17(11-13-20)16-6-8-18(9-7-16)23-24(19-4-2-1-3-5-19)29-21(26-23)14-15-22(27)28/h1-13H,14-15H2,(H,27,28). The molecule has 4 rings (SSSR count). The van der Waals surface area contributed by atoms with Gasteiger partial charge < -0.3 is 5.11 Å². The van der Waals surface area contributed by atoms with Crippen LogP contribution in [-0.4, -0.2) is 16.1 Å². The van der Waals surface area contributed by atoms with Crippen LogP contribution in [0.1, 0.15) is 11.4 Å². The highest BCUT2D eigenvalue weighted by Gasteiger charge is 2.15. The molecule has 4 aromatic rings. The van der Waals surface area contributed by atoms with Crippen molar-refractivity contribution >= 4 is 17.3 Å². The van der Waals surface area contributed by atoms with Crippen LogP contribution in [0.5, 0.6) is 0 Å². The van der Waals surface area contributed by atoms with Gasteiger partial charge in [-0.25, -0.2) is 9.37 Å². The number of rotatable bonds is 6. The van der Waals surface area contributed by atoms with E-state index in [-0.39, 0.29) is 12.2 Å². The molecule has 0 aliphatic carbocycles. The highest BCUT2D eigenvalue weighted by molar-refractivity contribution is 7.15. The molecule has 0 fully saturated rings. The first-order valence-electron chi connectivity index (χ1n) is 9.23. The predicted molar refractivity (Wildman–Crippen MR) is 114 cm³/mol. The van der Waals surface area contributed by atoms with Crippen LogP contribution in [0.2, 0.25) is 0 Å². The number of hydrogen-bond donors (Lipinski definition) is 1. The van der Waals surface area contributed by atoms with Gasteiger partial charge in [-0.05, 0) is 28.8 Å². The van der Waals surface area contributed by atoms with Gasteiger partial charge in [0.1, 0.15) is 5.82 Å². The smallest absolute Gasteiger partial charge is 0.303 e. The summed E-state index contributed by atoms with van der Waals surface area (Å²) in [4.78, 5) is 16.7. The van der Waals surface area contributed by atoms with E-state index in [2.05, 4.69) is 0 Å². The highest BCUT2D eigenvalue weighted by atomic mass is 32.1. The van der Waals surface area contributed by atoms with Gasteiger partial charge in [-0.3, -0.25) is 4.79 Å². The van der Waals surface area contributed by atoms with Crippen LogP contribution in [0.3, 0.4) is 0 Å². The molecule has 3 aromatic carbocycles. The Balaban J connectivity index is 1.71. The fourth-order valence-electron chi connectivity index (χ4n) is 3.13. The second kappa shape index (κ2) is 8.37. The number of nitrogens with zero attached hydrogens (tertiary/aromatic N) is 1. The van der Waals surface area contributed by atoms with Gasteiger partial charge in [0.25, 0.3) is 0 Å². The Morgan fingerprint density at radius 2 is 1.41 bits per heavy atom. The average molecular weight is 403 g/mol. The van der Waals surface area contributed by atoms with Crippen molar-refractivity contribution < 1.29 is 14.3 Å². The summed E-state index contributed by atoms with van der Waals surface area (Å²) in [6.45, 7) is 0. The maximum Gasteiger partial charge on any atom is 0.303 e. The molecule has 0 unspecified atom stereocenters. The molecule has 144 valence electrons. The molecule has 0 atom stereocenters. The lowest BCUT2D eigenvalue weighted by molar-refractivity contribution is -0.136. The first kappa shape index (κ1) is 19.0. The number of thiazole rings is 1. The Morgan fingerprint density at radius 1 is 0.828 bits per heavy atom. The van der Waals surface area contributed by atoms with Crippen molar-refractivity contribution in [3.05, 3.63) is 89.7 Å². The van der Waals surface area contributed by atoms with Crippen LogP contribution in [-0.2, 0) is 11.2 Å². The Hall–Kier alpha value is -3.31. The fourth-order valence-corrected chi connectivity index (χ4v) is 4.22. The molecule has 0 radical (unpaired) electrons. The third kappa shape index (κ3) is 4.41. The molecule has 1 heterocycles. The number of benzene rings is 3. The molecular weight excluding hydrogens is 385 g/mol. The minimum Gasteiger partial charge on any atom is -0.481 e. The van der Waals surface area contributed by atoms with Gasteiger partial charge in [0.2, 0.25) is 0 Å². The topological polar surface area (TPSA) is 50.2 Å². The minimum absolute atomic E-state index is 0.0602. The van der Waals surface area contributed by atoms with E-state index in [4.69, 9.17) is 10.1 Å². The van der Waals surface area contributed by atoms with Crippen molar-refractivity contribution in [2.24, 2.45) is 0 Å². The molecule has 1 N–H and O–H groups in total. The van der Waals surface area contributed by atoms with Gasteiger partial charge in [0, 0.05) is 12.0 Å². The predicted octanol–water partition coefficient (Wildman–Crippen LogP) is 6.30. The fraction of sp³-hybridized carbons (Fsp3) is 0.0833. The van der Waals surface area contributed by atoms with Crippen molar-refractivity contribution in [3.8, 4) is 32.8 Å². The third-order valence-corrected chi connectivity index (χ3v) is 5.76. The van der Waals surface area contributed by atoms with Crippen LogP contribution in [0.25, 0.3) is 32.8 Å². The zero-order valence-corrected chi connectivity index (χ0v) is 16.3. The Kier molecular flexibility index (Phi) is 5.49. The van der Waals surface area contributed by atoms with Gasteiger partial charge in [0.15, 0.2) is 0 Å². The molecule has 0 bridgehead atoms.